The molecule has 0 spiro atoms. The van der Waals surface area contributed by atoms with E-state index in [0.29, 0.717) is 48.0 Å². The van der Waals surface area contributed by atoms with Crippen LogP contribution >= 0.6 is 0 Å². The van der Waals surface area contributed by atoms with Crippen molar-refractivity contribution in [2.75, 3.05) is 11.9 Å². The molecule has 35 heavy (non-hydrogen) atoms. The molecule has 1 aliphatic rings. The minimum absolute atomic E-state index is 0.0209. The summed E-state index contributed by atoms with van der Waals surface area (Å²) in [6.07, 6.45) is 7.55. The summed E-state index contributed by atoms with van der Waals surface area (Å²) in [5, 5.41) is 12.1. The number of aromatic nitrogens is 7. The summed E-state index contributed by atoms with van der Waals surface area (Å²) in [5.74, 6) is 3.49. The quantitative estimate of drug-likeness (QED) is 0.472. The Morgan fingerprint density at radius 3 is 2.80 bits per heavy atom. The Balaban J connectivity index is 1.57. The molecule has 4 aromatic rings. The number of rotatable bonds is 3. The Bertz CT molecular complexity index is 1350. The molecular weight excluding hydrogens is 448 g/mol. The fourth-order valence-electron chi connectivity index (χ4n) is 3.81. The van der Waals surface area contributed by atoms with Gasteiger partial charge in [-0.05, 0) is 26.8 Å². The second kappa shape index (κ2) is 9.24. The van der Waals surface area contributed by atoms with Gasteiger partial charge in [0.1, 0.15) is 22.9 Å². The van der Waals surface area contributed by atoms with Gasteiger partial charge < -0.3 is 19.5 Å². The zero-order valence-electron chi connectivity index (χ0n) is 20.4. The van der Waals surface area contributed by atoms with E-state index in [1.54, 1.807) is 34.0 Å². The number of anilines is 2. The molecule has 1 N–H and O–H groups in total. The van der Waals surface area contributed by atoms with E-state index in [9.17, 15) is 0 Å². The summed E-state index contributed by atoms with van der Waals surface area (Å²) >= 11 is 0. The number of fused-ring (bicyclic) bond motifs is 6. The zero-order chi connectivity index (χ0) is 24.5. The molecule has 0 radical (unpaired) electrons. The lowest BCUT2D eigenvalue weighted by molar-refractivity contribution is 0.173. The molecule has 0 amide bonds. The van der Waals surface area contributed by atoms with Crippen molar-refractivity contribution in [2.45, 2.75) is 39.4 Å². The van der Waals surface area contributed by atoms with Crippen LogP contribution in [-0.4, -0.2) is 53.3 Å². The van der Waals surface area contributed by atoms with Gasteiger partial charge in [0.2, 0.25) is 11.8 Å². The largest absolute Gasteiger partial charge is 0.490 e. The third-order valence-electron chi connectivity index (χ3n) is 5.43. The highest BCUT2D eigenvalue weighted by atomic mass is 16.5. The fourth-order valence-corrected chi connectivity index (χ4v) is 3.81. The average Bonchev–Trinajstić information content (AvgIpc) is 3.35. The molecular formula is C24H28N8O3. The first-order valence-corrected chi connectivity index (χ1v) is 11.5. The number of hydrogen-bond donors (Lipinski definition) is 1. The summed E-state index contributed by atoms with van der Waals surface area (Å²) in [4.78, 5) is 13.7. The normalized spacial score (nSPS) is 15.4. The van der Waals surface area contributed by atoms with E-state index in [4.69, 9.17) is 14.2 Å². The van der Waals surface area contributed by atoms with Gasteiger partial charge in [0.05, 0.1) is 30.6 Å². The molecule has 0 aliphatic carbocycles. The second-order valence-corrected chi connectivity index (χ2v) is 8.70. The monoisotopic (exact) mass is 476 g/mol. The van der Waals surface area contributed by atoms with Crippen LogP contribution < -0.4 is 19.5 Å². The Kier molecular flexibility index (Phi) is 5.98. The number of ether oxygens (including phenoxy) is 3. The number of pyridine rings is 1. The summed E-state index contributed by atoms with van der Waals surface area (Å²) in [5.41, 5.74) is 2.32. The van der Waals surface area contributed by atoms with Crippen molar-refractivity contribution in [3.05, 3.63) is 36.9 Å². The van der Waals surface area contributed by atoms with Crippen molar-refractivity contribution in [3.63, 3.8) is 0 Å². The van der Waals surface area contributed by atoms with Gasteiger partial charge in [0.15, 0.2) is 5.82 Å². The summed E-state index contributed by atoms with van der Waals surface area (Å²) in [6, 6.07) is 3.64. The molecule has 182 valence electrons. The van der Waals surface area contributed by atoms with Crippen LogP contribution in [-0.2, 0) is 14.1 Å². The molecule has 0 saturated carbocycles. The maximum atomic E-state index is 6.40. The smallest absolute Gasteiger partial charge is 0.241 e. The lowest BCUT2D eigenvalue weighted by Gasteiger charge is -2.19. The standard InChI is InChI=1S/C24H28N8O3/c1-14(2)34-23-18(13-31(4)30-23)16-11-26-21-10-19(16)35-15(3)7-9-33-24-17(12-27-32(24)5)22-25-8-6-20(28-21)29-22/h6,8,10-15H,7,9H2,1-5H3,(H,25,26,28,29)/t15-/m0/s1. The highest BCUT2D eigenvalue weighted by Crippen LogP contribution is 2.38. The van der Waals surface area contributed by atoms with Crippen LogP contribution in [0.3, 0.4) is 0 Å². The topological polar surface area (TPSA) is 114 Å². The summed E-state index contributed by atoms with van der Waals surface area (Å²) in [7, 11) is 3.69. The first-order valence-electron chi connectivity index (χ1n) is 11.5. The third-order valence-corrected chi connectivity index (χ3v) is 5.43. The van der Waals surface area contributed by atoms with Crippen LogP contribution in [0.1, 0.15) is 27.2 Å². The molecule has 1 atom stereocenters. The van der Waals surface area contributed by atoms with Crippen LogP contribution in [0.2, 0.25) is 0 Å². The van der Waals surface area contributed by atoms with Crippen molar-refractivity contribution in [1.29, 1.82) is 0 Å². The number of nitrogens with zero attached hydrogens (tertiary/aromatic N) is 7. The van der Waals surface area contributed by atoms with Crippen molar-refractivity contribution < 1.29 is 14.2 Å². The first-order chi connectivity index (χ1) is 16.9. The summed E-state index contributed by atoms with van der Waals surface area (Å²) < 4.78 is 21.8. The van der Waals surface area contributed by atoms with Gasteiger partial charge >= 0.3 is 0 Å². The molecule has 0 saturated heterocycles. The highest BCUT2D eigenvalue weighted by molar-refractivity contribution is 5.75. The Hall–Kier alpha value is -4.15. The van der Waals surface area contributed by atoms with E-state index in [2.05, 4.69) is 30.5 Å². The lowest BCUT2D eigenvalue weighted by Crippen LogP contribution is -2.17. The molecule has 5 rings (SSSR count). The van der Waals surface area contributed by atoms with Gasteiger partial charge in [-0.25, -0.2) is 19.6 Å². The molecule has 0 unspecified atom stereocenters. The SMILES string of the molecule is CC(C)Oc1nn(C)cc1-c1cnc2cc1O[C@@H](C)CCOc1c(cnn1C)-c1nccc(n1)N2. The van der Waals surface area contributed by atoms with Crippen molar-refractivity contribution in [3.8, 4) is 40.0 Å². The minimum atomic E-state index is -0.135. The van der Waals surface area contributed by atoms with Gasteiger partial charge in [-0.1, -0.05) is 0 Å². The van der Waals surface area contributed by atoms with Crippen LogP contribution in [0.25, 0.3) is 22.5 Å². The van der Waals surface area contributed by atoms with E-state index >= 15 is 0 Å². The molecule has 4 bridgehead atoms. The Labute approximate surface area is 203 Å². The predicted molar refractivity (Wildman–Crippen MR) is 130 cm³/mol. The number of hydrogen-bond acceptors (Lipinski definition) is 9. The van der Waals surface area contributed by atoms with Crippen LogP contribution in [0.5, 0.6) is 17.5 Å². The van der Waals surface area contributed by atoms with E-state index in [0.717, 1.165) is 16.7 Å². The number of nitrogens with one attached hydrogen (secondary N) is 1. The van der Waals surface area contributed by atoms with Gasteiger partial charge in [-0.15, -0.1) is 5.10 Å². The Morgan fingerprint density at radius 1 is 1.11 bits per heavy atom. The van der Waals surface area contributed by atoms with Crippen molar-refractivity contribution >= 4 is 11.6 Å². The van der Waals surface area contributed by atoms with Gasteiger partial charge in [-0.2, -0.15) is 5.10 Å². The second-order valence-electron chi connectivity index (χ2n) is 8.70. The molecule has 5 heterocycles. The first kappa shape index (κ1) is 22.6. The van der Waals surface area contributed by atoms with E-state index in [-0.39, 0.29) is 12.2 Å². The van der Waals surface area contributed by atoms with E-state index < -0.39 is 0 Å². The highest BCUT2D eigenvalue weighted by Gasteiger charge is 2.21. The van der Waals surface area contributed by atoms with E-state index in [1.807, 2.05) is 47.1 Å². The van der Waals surface area contributed by atoms with Gasteiger partial charge in [0, 0.05) is 50.7 Å². The molecule has 11 nitrogen and oxygen atoms in total. The predicted octanol–water partition coefficient (Wildman–Crippen LogP) is 3.75. The van der Waals surface area contributed by atoms with Crippen LogP contribution in [0.4, 0.5) is 11.6 Å². The van der Waals surface area contributed by atoms with E-state index in [1.165, 1.54) is 0 Å². The zero-order valence-corrected chi connectivity index (χ0v) is 20.4. The van der Waals surface area contributed by atoms with Crippen LogP contribution in [0.15, 0.2) is 36.9 Å². The fraction of sp³-hybridized carbons (Fsp3) is 0.375. The van der Waals surface area contributed by atoms with Crippen molar-refractivity contribution in [2.24, 2.45) is 14.1 Å². The molecule has 11 heteroatoms. The third kappa shape index (κ3) is 4.75. The maximum absolute atomic E-state index is 6.40. The molecule has 0 fully saturated rings. The Morgan fingerprint density at radius 2 is 1.97 bits per heavy atom. The van der Waals surface area contributed by atoms with Gasteiger partial charge in [-0.3, -0.25) is 4.68 Å². The van der Waals surface area contributed by atoms with Crippen LogP contribution in [0, 0.1) is 0 Å². The summed E-state index contributed by atoms with van der Waals surface area (Å²) in [6.45, 7) is 6.39. The molecule has 1 aliphatic heterocycles. The number of aryl methyl sites for hydroxylation is 2. The van der Waals surface area contributed by atoms with Gasteiger partial charge in [0.25, 0.3) is 0 Å². The lowest BCUT2D eigenvalue weighted by atomic mass is 10.1. The molecule has 4 aromatic heterocycles. The molecule has 0 aromatic carbocycles. The average molecular weight is 477 g/mol. The minimum Gasteiger partial charge on any atom is -0.490 e. The maximum Gasteiger partial charge on any atom is 0.241 e. The van der Waals surface area contributed by atoms with Crippen molar-refractivity contribution in [1.82, 2.24) is 34.5 Å².